The van der Waals surface area contributed by atoms with Crippen LogP contribution in [-0.4, -0.2) is 25.3 Å². The van der Waals surface area contributed by atoms with Crippen molar-refractivity contribution in [3.63, 3.8) is 0 Å². The molecule has 1 N–H and O–H groups in total. The fraction of sp³-hybridized carbons (Fsp3) is 0.647. The fourth-order valence-electron chi connectivity index (χ4n) is 3.78. The quantitative estimate of drug-likeness (QED) is 0.918. The summed E-state index contributed by atoms with van der Waals surface area (Å²) in [7, 11) is 1.91. The molecule has 3 rings (SSSR count). The van der Waals surface area contributed by atoms with E-state index < -0.39 is 11.6 Å². The number of halogens is 2. The zero-order valence-corrected chi connectivity index (χ0v) is 12.5. The van der Waals surface area contributed by atoms with E-state index in [1.807, 2.05) is 7.05 Å². The van der Waals surface area contributed by atoms with Crippen LogP contribution < -0.4 is 5.32 Å². The number of rotatable bonds is 4. The first-order valence-corrected chi connectivity index (χ1v) is 7.88. The number of ether oxygens (including phenoxy) is 1. The number of nitrogens with one attached hydrogen (secondary N) is 1. The molecule has 2 unspecified atom stereocenters. The van der Waals surface area contributed by atoms with E-state index in [2.05, 4.69) is 5.32 Å². The van der Waals surface area contributed by atoms with Crippen LogP contribution >= 0.6 is 0 Å². The van der Waals surface area contributed by atoms with Gasteiger partial charge in [0.1, 0.15) is 0 Å². The van der Waals surface area contributed by atoms with Gasteiger partial charge in [-0.25, -0.2) is 8.78 Å². The molecule has 0 bridgehead atoms. The van der Waals surface area contributed by atoms with Crippen LogP contribution in [0, 0.1) is 17.6 Å². The maximum Gasteiger partial charge on any atom is 0.162 e. The smallest absolute Gasteiger partial charge is 0.162 e. The first kappa shape index (κ1) is 14.9. The highest BCUT2D eigenvalue weighted by Gasteiger charge is 2.44. The predicted molar refractivity (Wildman–Crippen MR) is 78.2 cm³/mol. The third-order valence-electron chi connectivity index (χ3n) is 5.21. The summed E-state index contributed by atoms with van der Waals surface area (Å²) in [6.45, 7) is 0.786. The molecular weight excluding hydrogens is 272 g/mol. The molecule has 1 heterocycles. The Labute approximate surface area is 124 Å². The minimum Gasteiger partial charge on any atom is -0.375 e. The molecule has 2 atom stereocenters. The Bertz CT molecular complexity index is 502. The average molecular weight is 295 g/mol. The molecular formula is C17H23F2NO. The van der Waals surface area contributed by atoms with Crippen LogP contribution in [0.1, 0.15) is 37.7 Å². The zero-order chi connectivity index (χ0) is 14.9. The molecule has 0 aromatic heterocycles. The minimum atomic E-state index is -0.759. The first-order valence-electron chi connectivity index (χ1n) is 7.88. The molecule has 1 aromatic carbocycles. The molecule has 1 aliphatic carbocycles. The van der Waals surface area contributed by atoms with E-state index in [0.717, 1.165) is 32.3 Å². The van der Waals surface area contributed by atoms with E-state index in [1.165, 1.54) is 12.5 Å². The van der Waals surface area contributed by atoms with Crippen LogP contribution in [0.2, 0.25) is 0 Å². The molecule has 116 valence electrons. The van der Waals surface area contributed by atoms with Crippen molar-refractivity contribution in [1.29, 1.82) is 0 Å². The lowest BCUT2D eigenvalue weighted by Gasteiger charge is -2.48. The molecule has 0 amide bonds. The topological polar surface area (TPSA) is 21.3 Å². The lowest BCUT2D eigenvalue weighted by Crippen LogP contribution is -2.50. The molecule has 1 saturated heterocycles. The van der Waals surface area contributed by atoms with Crippen LogP contribution in [0.5, 0.6) is 0 Å². The summed E-state index contributed by atoms with van der Waals surface area (Å²) >= 11 is 0. The van der Waals surface area contributed by atoms with Crippen LogP contribution in [0.15, 0.2) is 18.2 Å². The molecule has 2 fully saturated rings. The normalized spacial score (nSPS) is 25.6. The van der Waals surface area contributed by atoms with Crippen molar-refractivity contribution in [1.82, 2.24) is 5.32 Å². The number of likely N-dealkylation sites (N-methyl/N-ethyl adjacent to an activating group) is 1. The highest BCUT2D eigenvalue weighted by Crippen LogP contribution is 2.45. The predicted octanol–water partition coefficient (Wildman–Crippen LogP) is 3.44. The van der Waals surface area contributed by atoms with Gasteiger partial charge in [0.2, 0.25) is 0 Å². The van der Waals surface area contributed by atoms with Crippen molar-refractivity contribution < 1.29 is 13.5 Å². The number of hydrogen-bond acceptors (Lipinski definition) is 2. The molecule has 21 heavy (non-hydrogen) atoms. The highest BCUT2D eigenvalue weighted by molar-refractivity contribution is 5.20. The van der Waals surface area contributed by atoms with Crippen molar-refractivity contribution in [2.75, 3.05) is 13.7 Å². The summed E-state index contributed by atoms with van der Waals surface area (Å²) in [6.07, 6.45) is 6.10. The summed E-state index contributed by atoms with van der Waals surface area (Å²) < 4.78 is 33.2. The van der Waals surface area contributed by atoms with Gasteiger partial charge < -0.3 is 10.1 Å². The van der Waals surface area contributed by atoms with E-state index >= 15 is 0 Å². The molecule has 2 nitrogen and oxygen atoms in total. The van der Waals surface area contributed by atoms with Crippen LogP contribution in [-0.2, 0) is 11.2 Å². The summed E-state index contributed by atoms with van der Waals surface area (Å²) in [5, 5.41) is 3.31. The third kappa shape index (κ3) is 2.97. The number of benzene rings is 1. The second-order valence-corrected chi connectivity index (χ2v) is 6.45. The Hall–Kier alpha value is -1.00. The van der Waals surface area contributed by atoms with Gasteiger partial charge in [-0.05, 0) is 63.1 Å². The summed E-state index contributed by atoms with van der Waals surface area (Å²) in [5.41, 5.74) is 0.543. The molecule has 1 spiro atoms. The summed E-state index contributed by atoms with van der Waals surface area (Å²) in [5.74, 6) is -1.00. The molecule has 1 aliphatic heterocycles. The Morgan fingerprint density at radius 1 is 1.38 bits per heavy atom. The molecule has 0 radical (unpaired) electrons. The van der Waals surface area contributed by atoms with Gasteiger partial charge in [-0.3, -0.25) is 0 Å². The largest absolute Gasteiger partial charge is 0.375 e. The Kier molecular flexibility index (Phi) is 4.27. The van der Waals surface area contributed by atoms with Gasteiger partial charge in [0.05, 0.1) is 5.60 Å². The maximum atomic E-state index is 13.9. The lowest BCUT2D eigenvalue weighted by atomic mass is 9.70. The van der Waals surface area contributed by atoms with Gasteiger partial charge in [-0.2, -0.15) is 0 Å². The number of hydrogen-bond donors (Lipinski definition) is 1. The Morgan fingerprint density at radius 3 is 2.86 bits per heavy atom. The second-order valence-electron chi connectivity index (χ2n) is 6.45. The second kappa shape index (κ2) is 6.01. The summed E-state index contributed by atoms with van der Waals surface area (Å²) in [6, 6.07) is 4.60. The van der Waals surface area contributed by atoms with Crippen molar-refractivity contribution >= 4 is 0 Å². The van der Waals surface area contributed by atoms with E-state index in [1.54, 1.807) is 12.1 Å². The van der Waals surface area contributed by atoms with Gasteiger partial charge >= 0.3 is 0 Å². The van der Waals surface area contributed by atoms with Gasteiger partial charge in [0.25, 0.3) is 0 Å². The standard InChI is InChI=1S/C17H23F2NO/c1-20-15(10-12-4-2-5-14(18)16(12)19)13-6-9-21-17(11-13)7-3-8-17/h2,4-5,13,15,20H,3,6-11H2,1H3. The SMILES string of the molecule is CNC(Cc1cccc(F)c1F)C1CCOC2(CCC2)C1. The van der Waals surface area contributed by atoms with E-state index in [9.17, 15) is 8.78 Å². The molecule has 4 heteroatoms. The van der Waals surface area contributed by atoms with Crippen molar-refractivity contribution in [3.05, 3.63) is 35.4 Å². The van der Waals surface area contributed by atoms with Gasteiger partial charge in [0, 0.05) is 12.6 Å². The van der Waals surface area contributed by atoms with Crippen LogP contribution in [0.3, 0.4) is 0 Å². The van der Waals surface area contributed by atoms with E-state index in [4.69, 9.17) is 4.74 Å². The molecule has 1 aromatic rings. The first-order chi connectivity index (χ1) is 10.1. The Morgan fingerprint density at radius 2 is 2.19 bits per heavy atom. The van der Waals surface area contributed by atoms with Crippen molar-refractivity contribution in [3.8, 4) is 0 Å². The average Bonchev–Trinajstić information content (AvgIpc) is 2.47. The van der Waals surface area contributed by atoms with E-state index in [0.29, 0.717) is 17.9 Å². The maximum absolute atomic E-state index is 13.9. The van der Waals surface area contributed by atoms with E-state index in [-0.39, 0.29) is 11.6 Å². The van der Waals surface area contributed by atoms with Crippen molar-refractivity contribution in [2.24, 2.45) is 5.92 Å². The van der Waals surface area contributed by atoms with Crippen molar-refractivity contribution in [2.45, 2.75) is 50.2 Å². The molecule has 1 saturated carbocycles. The minimum absolute atomic E-state index is 0.0818. The van der Waals surface area contributed by atoms with Gasteiger partial charge in [-0.15, -0.1) is 0 Å². The Balaban J connectivity index is 1.71. The lowest BCUT2D eigenvalue weighted by molar-refractivity contribution is -0.146. The van der Waals surface area contributed by atoms with Crippen LogP contribution in [0.4, 0.5) is 8.78 Å². The van der Waals surface area contributed by atoms with Crippen LogP contribution in [0.25, 0.3) is 0 Å². The van der Waals surface area contributed by atoms with Gasteiger partial charge in [-0.1, -0.05) is 12.1 Å². The zero-order valence-electron chi connectivity index (χ0n) is 12.5. The fourth-order valence-corrected chi connectivity index (χ4v) is 3.78. The third-order valence-corrected chi connectivity index (χ3v) is 5.21. The monoisotopic (exact) mass is 295 g/mol. The van der Waals surface area contributed by atoms with Gasteiger partial charge in [0.15, 0.2) is 11.6 Å². The molecule has 2 aliphatic rings. The highest BCUT2D eigenvalue weighted by atomic mass is 19.2. The summed E-state index contributed by atoms with van der Waals surface area (Å²) in [4.78, 5) is 0.